The second-order valence-electron chi connectivity index (χ2n) is 6.88. The number of aliphatic imine (C=N–C) groups is 1. The summed E-state index contributed by atoms with van der Waals surface area (Å²) in [5.74, 6) is 1.38. The van der Waals surface area contributed by atoms with Gasteiger partial charge < -0.3 is 15.2 Å². The molecule has 0 aliphatic heterocycles. The Hall–Kier alpha value is -1.64. The van der Waals surface area contributed by atoms with Gasteiger partial charge in [-0.25, -0.2) is 4.39 Å². The van der Waals surface area contributed by atoms with Crippen molar-refractivity contribution in [2.24, 2.45) is 4.99 Å². The predicted octanol–water partition coefficient (Wildman–Crippen LogP) is 4.20. The summed E-state index contributed by atoms with van der Waals surface area (Å²) in [6.07, 6.45) is 1.63. The topological polar surface area (TPSA) is 62.5 Å². The van der Waals surface area contributed by atoms with Gasteiger partial charge in [-0.2, -0.15) is 0 Å². The molecule has 0 spiro atoms. The van der Waals surface area contributed by atoms with Crippen LogP contribution >= 0.6 is 24.0 Å². The number of hydrogen-bond donors (Lipinski definition) is 2. The van der Waals surface area contributed by atoms with Crippen LogP contribution in [0.1, 0.15) is 50.3 Å². The predicted molar refractivity (Wildman–Crippen MR) is 118 cm³/mol. The largest absolute Gasteiger partial charge is 0.361 e. The molecular formula is C20H30FIN4O. The van der Waals surface area contributed by atoms with Crippen LogP contribution in [0.5, 0.6) is 0 Å². The van der Waals surface area contributed by atoms with Gasteiger partial charge in [-0.05, 0) is 18.1 Å². The van der Waals surface area contributed by atoms with E-state index in [4.69, 9.17) is 4.52 Å². The maximum Gasteiger partial charge on any atom is 0.191 e. The molecule has 2 aromatic rings. The number of benzene rings is 1. The molecule has 150 valence electrons. The van der Waals surface area contributed by atoms with Gasteiger partial charge in [-0.15, -0.1) is 24.0 Å². The first-order chi connectivity index (χ1) is 12.4. The number of hydrogen-bond acceptors (Lipinski definition) is 3. The lowest BCUT2D eigenvalue weighted by Crippen LogP contribution is -2.43. The molecule has 0 radical (unpaired) electrons. The number of rotatable bonds is 7. The summed E-state index contributed by atoms with van der Waals surface area (Å²) in [4.78, 5) is 4.27. The molecule has 2 rings (SSSR count). The van der Waals surface area contributed by atoms with Crippen LogP contribution in [0.15, 0.2) is 33.8 Å². The minimum atomic E-state index is -0.372. The number of nitrogens with zero attached hydrogens (tertiary/aromatic N) is 2. The molecule has 5 nitrogen and oxygen atoms in total. The highest BCUT2D eigenvalue weighted by atomic mass is 127. The third-order valence-electron chi connectivity index (χ3n) is 4.56. The maximum absolute atomic E-state index is 14.1. The van der Waals surface area contributed by atoms with Crippen LogP contribution in [0, 0.1) is 5.82 Å². The SMILES string of the molecule is CCc1noc(CC)c1CNC(=NC)NCC(C)(C)c1ccccc1F.I. The van der Waals surface area contributed by atoms with E-state index in [0.29, 0.717) is 24.6 Å². The van der Waals surface area contributed by atoms with Crippen molar-refractivity contribution in [2.75, 3.05) is 13.6 Å². The number of halogens is 2. The number of nitrogens with one attached hydrogen (secondary N) is 2. The van der Waals surface area contributed by atoms with Crippen LogP contribution in [-0.4, -0.2) is 24.7 Å². The third kappa shape index (κ3) is 5.92. The molecule has 0 saturated heterocycles. The maximum atomic E-state index is 14.1. The summed E-state index contributed by atoms with van der Waals surface area (Å²) >= 11 is 0. The molecule has 0 saturated carbocycles. The van der Waals surface area contributed by atoms with Crippen LogP contribution in [0.3, 0.4) is 0 Å². The van der Waals surface area contributed by atoms with E-state index in [1.165, 1.54) is 6.07 Å². The van der Waals surface area contributed by atoms with Gasteiger partial charge in [-0.3, -0.25) is 4.99 Å². The van der Waals surface area contributed by atoms with Crippen molar-refractivity contribution in [3.05, 3.63) is 52.7 Å². The minimum Gasteiger partial charge on any atom is -0.361 e. The Kier molecular flexibility index (Phi) is 9.21. The average Bonchev–Trinajstić information content (AvgIpc) is 3.04. The summed E-state index contributed by atoms with van der Waals surface area (Å²) < 4.78 is 19.5. The van der Waals surface area contributed by atoms with E-state index in [1.54, 1.807) is 13.1 Å². The molecule has 1 heterocycles. The number of aryl methyl sites for hydroxylation is 2. The molecule has 0 aliphatic rings. The van der Waals surface area contributed by atoms with Gasteiger partial charge in [0.2, 0.25) is 0 Å². The first-order valence-electron chi connectivity index (χ1n) is 9.08. The van der Waals surface area contributed by atoms with Gasteiger partial charge >= 0.3 is 0 Å². The molecule has 27 heavy (non-hydrogen) atoms. The summed E-state index contributed by atoms with van der Waals surface area (Å²) in [7, 11) is 1.72. The minimum absolute atomic E-state index is 0. The highest BCUT2D eigenvalue weighted by Crippen LogP contribution is 2.24. The second kappa shape index (κ2) is 10.6. The van der Waals surface area contributed by atoms with Crippen LogP contribution in [-0.2, 0) is 24.8 Å². The molecule has 1 aromatic heterocycles. The van der Waals surface area contributed by atoms with Gasteiger partial charge in [-0.1, -0.05) is 51.1 Å². The summed E-state index contributed by atoms with van der Waals surface area (Å²) in [5, 5.41) is 10.7. The standard InChI is InChI=1S/C20H29FN4O.HI/c1-6-17-14(18(7-2)26-25-17)12-23-19(22-5)24-13-20(3,4)15-10-8-9-11-16(15)21;/h8-11H,6-7,12-13H2,1-5H3,(H2,22,23,24);1H. The molecule has 0 bridgehead atoms. The van der Waals surface area contributed by atoms with E-state index in [2.05, 4.69) is 27.7 Å². The van der Waals surface area contributed by atoms with E-state index in [0.717, 1.165) is 29.9 Å². The van der Waals surface area contributed by atoms with Gasteiger partial charge in [0.15, 0.2) is 5.96 Å². The van der Waals surface area contributed by atoms with Crippen molar-refractivity contribution in [1.29, 1.82) is 0 Å². The lowest BCUT2D eigenvalue weighted by atomic mass is 9.84. The van der Waals surface area contributed by atoms with Crippen molar-refractivity contribution in [2.45, 2.75) is 52.5 Å². The molecule has 0 fully saturated rings. The molecule has 0 aliphatic carbocycles. The van der Waals surface area contributed by atoms with Crippen LogP contribution in [0.2, 0.25) is 0 Å². The van der Waals surface area contributed by atoms with Crippen molar-refractivity contribution >= 4 is 29.9 Å². The van der Waals surface area contributed by atoms with Gasteiger partial charge in [0.1, 0.15) is 11.6 Å². The Labute approximate surface area is 178 Å². The molecular weight excluding hydrogens is 458 g/mol. The first-order valence-corrected chi connectivity index (χ1v) is 9.08. The van der Waals surface area contributed by atoms with Gasteiger partial charge in [0.05, 0.1) is 5.69 Å². The molecule has 1 aromatic carbocycles. The van der Waals surface area contributed by atoms with Crippen molar-refractivity contribution in [3.63, 3.8) is 0 Å². The third-order valence-corrected chi connectivity index (χ3v) is 4.56. The van der Waals surface area contributed by atoms with E-state index in [1.807, 2.05) is 32.9 Å². The summed E-state index contributed by atoms with van der Waals surface area (Å²) in [6.45, 7) is 9.28. The Morgan fingerprint density at radius 1 is 1.19 bits per heavy atom. The van der Waals surface area contributed by atoms with Gasteiger partial charge in [0.25, 0.3) is 0 Å². The molecule has 7 heteroatoms. The van der Waals surface area contributed by atoms with Crippen molar-refractivity contribution < 1.29 is 8.91 Å². The average molecular weight is 488 g/mol. The van der Waals surface area contributed by atoms with Crippen LogP contribution < -0.4 is 10.6 Å². The monoisotopic (exact) mass is 488 g/mol. The van der Waals surface area contributed by atoms with Gasteiger partial charge in [0, 0.05) is 37.5 Å². The van der Waals surface area contributed by atoms with E-state index < -0.39 is 0 Å². The number of aromatic nitrogens is 1. The van der Waals surface area contributed by atoms with Crippen molar-refractivity contribution in [3.8, 4) is 0 Å². The fourth-order valence-corrected chi connectivity index (χ4v) is 2.94. The lowest BCUT2D eigenvalue weighted by molar-refractivity contribution is 0.380. The zero-order valence-corrected chi connectivity index (χ0v) is 19.1. The molecule has 2 N–H and O–H groups in total. The van der Waals surface area contributed by atoms with E-state index in [-0.39, 0.29) is 35.2 Å². The molecule has 0 unspecified atom stereocenters. The molecule has 0 amide bonds. The highest BCUT2D eigenvalue weighted by Gasteiger charge is 2.24. The fourth-order valence-electron chi connectivity index (χ4n) is 2.94. The van der Waals surface area contributed by atoms with E-state index >= 15 is 0 Å². The first kappa shape index (κ1) is 23.4. The smallest absolute Gasteiger partial charge is 0.191 e. The zero-order valence-electron chi connectivity index (χ0n) is 16.7. The summed E-state index contributed by atoms with van der Waals surface area (Å²) in [6, 6.07) is 6.89. The van der Waals surface area contributed by atoms with Crippen molar-refractivity contribution in [1.82, 2.24) is 15.8 Å². The Morgan fingerprint density at radius 2 is 1.89 bits per heavy atom. The zero-order chi connectivity index (χ0) is 19.2. The second-order valence-corrected chi connectivity index (χ2v) is 6.88. The summed E-state index contributed by atoms with van der Waals surface area (Å²) in [5.41, 5.74) is 2.37. The lowest BCUT2D eigenvalue weighted by Gasteiger charge is -2.27. The van der Waals surface area contributed by atoms with E-state index in [9.17, 15) is 4.39 Å². The molecule has 0 atom stereocenters. The quantitative estimate of drug-likeness (QED) is 0.349. The normalized spacial score (nSPS) is 11.9. The van der Waals surface area contributed by atoms with Crippen LogP contribution in [0.25, 0.3) is 0 Å². The van der Waals surface area contributed by atoms with Crippen LogP contribution in [0.4, 0.5) is 4.39 Å². The number of guanidine groups is 1. The Bertz CT molecular complexity index is 737. The Balaban J connectivity index is 0.00000364. The fraction of sp³-hybridized carbons (Fsp3) is 0.500. The Morgan fingerprint density at radius 3 is 2.48 bits per heavy atom. The highest BCUT2D eigenvalue weighted by molar-refractivity contribution is 14.0.